The predicted molar refractivity (Wildman–Crippen MR) is 139 cm³/mol. The molecule has 180 valence electrons. The first-order chi connectivity index (χ1) is 16.7. The number of benzene rings is 3. The molecule has 1 aliphatic heterocycles. The van der Waals surface area contributed by atoms with Gasteiger partial charge in [0.05, 0.1) is 24.3 Å². The number of Topliss-reactive ketones (excluding diaryl/α,β-unsaturated/α-hetero) is 1. The molecule has 0 saturated carbocycles. The van der Waals surface area contributed by atoms with Gasteiger partial charge in [0.25, 0.3) is 11.7 Å². The van der Waals surface area contributed by atoms with Gasteiger partial charge in [-0.3, -0.25) is 14.5 Å². The van der Waals surface area contributed by atoms with Gasteiger partial charge in [-0.2, -0.15) is 0 Å². The van der Waals surface area contributed by atoms with Gasteiger partial charge in [0, 0.05) is 5.69 Å². The van der Waals surface area contributed by atoms with E-state index < -0.39 is 17.7 Å². The fraction of sp³-hybridized carbons (Fsp3) is 0.267. The number of rotatable bonds is 5. The number of nitrogens with zero attached hydrogens (tertiary/aromatic N) is 1. The second-order valence-corrected chi connectivity index (χ2v) is 9.76. The lowest BCUT2D eigenvalue weighted by Crippen LogP contribution is -2.29. The second-order valence-electron chi connectivity index (χ2n) is 9.76. The highest BCUT2D eigenvalue weighted by molar-refractivity contribution is 6.51. The SMILES string of the molecule is CCc1ccc(N2C(=O)C(=O)/C(=C(/O)c3cc(C(C)(C)C)ccc3OC)C2c2ccccc2)cc1. The lowest BCUT2D eigenvalue weighted by molar-refractivity contribution is -0.132. The van der Waals surface area contributed by atoms with Crippen molar-refractivity contribution in [1.29, 1.82) is 0 Å². The van der Waals surface area contributed by atoms with Crippen molar-refractivity contribution in [3.8, 4) is 5.75 Å². The zero-order valence-electron chi connectivity index (χ0n) is 20.8. The molecule has 1 amide bonds. The van der Waals surface area contributed by atoms with Crippen LogP contribution in [0, 0.1) is 0 Å². The number of methoxy groups -OCH3 is 1. The Kier molecular flexibility index (Phi) is 6.53. The summed E-state index contributed by atoms with van der Waals surface area (Å²) in [4.78, 5) is 28.3. The summed E-state index contributed by atoms with van der Waals surface area (Å²) in [6.07, 6.45) is 0.866. The van der Waals surface area contributed by atoms with Gasteiger partial charge in [-0.05, 0) is 52.8 Å². The molecule has 3 aromatic rings. The fourth-order valence-corrected chi connectivity index (χ4v) is 4.45. The van der Waals surface area contributed by atoms with E-state index in [0.29, 0.717) is 17.0 Å². The van der Waals surface area contributed by atoms with Gasteiger partial charge in [0.1, 0.15) is 11.5 Å². The van der Waals surface area contributed by atoms with Crippen LogP contribution in [0.5, 0.6) is 5.75 Å². The van der Waals surface area contributed by atoms with E-state index in [1.807, 2.05) is 66.7 Å². The summed E-state index contributed by atoms with van der Waals surface area (Å²) < 4.78 is 5.53. The maximum Gasteiger partial charge on any atom is 0.300 e. The number of aliphatic hydroxyl groups excluding tert-OH is 1. The molecule has 0 aliphatic carbocycles. The van der Waals surface area contributed by atoms with Gasteiger partial charge in [-0.1, -0.05) is 76.2 Å². The molecule has 1 atom stereocenters. The first-order valence-electron chi connectivity index (χ1n) is 11.8. The van der Waals surface area contributed by atoms with Crippen LogP contribution in [-0.2, 0) is 21.4 Å². The summed E-state index contributed by atoms with van der Waals surface area (Å²) in [6, 6.07) is 21.7. The lowest BCUT2D eigenvalue weighted by Gasteiger charge is -2.26. The van der Waals surface area contributed by atoms with Crippen molar-refractivity contribution in [3.63, 3.8) is 0 Å². The van der Waals surface area contributed by atoms with Crippen LogP contribution in [0.15, 0.2) is 78.4 Å². The van der Waals surface area contributed by atoms with Crippen LogP contribution in [-0.4, -0.2) is 23.9 Å². The molecule has 1 fully saturated rings. The van der Waals surface area contributed by atoms with Crippen LogP contribution < -0.4 is 9.64 Å². The average molecular weight is 470 g/mol. The van der Waals surface area contributed by atoms with Gasteiger partial charge in [0.2, 0.25) is 0 Å². The van der Waals surface area contributed by atoms with Gasteiger partial charge >= 0.3 is 0 Å². The van der Waals surface area contributed by atoms with Crippen LogP contribution in [0.4, 0.5) is 5.69 Å². The number of hydrogen-bond donors (Lipinski definition) is 1. The van der Waals surface area contributed by atoms with Crippen molar-refractivity contribution in [2.45, 2.75) is 45.6 Å². The molecular formula is C30H31NO4. The van der Waals surface area contributed by atoms with Crippen molar-refractivity contribution in [1.82, 2.24) is 0 Å². The molecule has 0 spiro atoms. The summed E-state index contributed by atoms with van der Waals surface area (Å²) in [5, 5.41) is 11.6. The Morgan fingerprint density at radius 1 is 0.971 bits per heavy atom. The highest BCUT2D eigenvalue weighted by Crippen LogP contribution is 2.43. The average Bonchev–Trinajstić information content (AvgIpc) is 3.13. The fourth-order valence-electron chi connectivity index (χ4n) is 4.45. The molecule has 0 aromatic heterocycles. The molecular weight excluding hydrogens is 438 g/mol. The molecule has 5 heteroatoms. The number of carbonyl (C=O) groups excluding carboxylic acids is 2. The first-order valence-corrected chi connectivity index (χ1v) is 11.8. The normalized spacial score (nSPS) is 17.6. The molecule has 35 heavy (non-hydrogen) atoms. The Labute approximate surface area is 206 Å². The number of carbonyl (C=O) groups is 2. The molecule has 1 unspecified atom stereocenters. The zero-order valence-corrected chi connectivity index (χ0v) is 20.8. The molecule has 1 saturated heterocycles. The van der Waals surface area contributed by atoms with Crippen molar-refractivity contribution in [2.24, 2.45) is 0 Å². The number of aryl methyl sites for hydroxylation is 1. The van der Waals surface area contributed by atoms with Crippen LogP contribution in [0.25, 0.3) is 5.76 Å². The maximum atomic E-state index is 13.4. The van der Waals surface area contributed by atoms with E-state index in [2.05, 4.69) is 27.7 Å². The molecule has 4 rings (SSSR count). The third-order valence-corrected chi connectivity index (χ3v) is 6.50. The van der Waals surface area contributed by atoms with E-state index in [1.54, 1.807) is 6.07 Å². The number of ketones is 1. The number of hydrogen-bond acceptors (Lipinski definition) is 4. The van der Waals surface area contributed by atoms with E-state index in [0.717, 1.165) is 23.1 Å². The second kappa shape index (κ2) is 9.41. The monoisotopic (exact) mass is 469 g/mol. The highest BCUT2D eigenvalue weighted by Gasteiger charge is 2.47. The molecule has 1 heterocycles. The smallest absolute Gasteiger partial charge is 0.300 e. The Morgan fingerprint density at radius 2 is 1.63 bits per heavy atom. The minimum atomic E-state index is -0.772. The number of anilines is 1. The van der Waals surface area contributed by atoms with Crippen molar-refractivity contribution >= 4 is 23.1 Å². The van der Waals surface area contributed by atoms with E-state index in [9.17, 15) is 14.7 Å². The van der Waals surface area contributed by atoms with E-state index in [4.69, 9.17) is 4.74 Å². The Bertz CT molecular complexity index is 1280. The summed E-state index contributed by atoms with van der Waals surface area (Å²) in [7, 11) is 1.52. The minimum absolute atomic E-state index is 0.0464. The van der Waals surface area contributed by atoms with Crippen molar-refractivity contribution in [2.75, 3.05) is 12.0 Å². The van der Waals surface area contributed by atoms with Gasteiger partial charge in [-0.25, -0.2) is 0 Å². The Balaban J connectivity index is 1.96. The predicted octanol–water partition coefficient (Wildman–Crippen LogP) is 6.18. The van der Waals surface area contributed by atoms with Gasteiger partial charge in [-0.15, -0.1) is 0 Å². The van der Waals surface area contributed by atoms with Crippen LogP contribution >= 0.6 is 0 Å². The molecule has 0 bridgehead atoms. The third-order valence-electron chi connectivity index (χ3n) is 6.50. The number of aliphatic hydroxyl groups is 1. The molecule has 0 radical (unpaired) electrons. The zero-order chi connectivity index (χ0) is 25.3. The van der Waals surface area contributed by atoms with E-state index >= 15 is 0 Å². The number of ether oxygens (including phenoxy) is 1. The Hall–Kier alpha value is -3.86. The summed E-state index contributed by atoms with van der Waals surface area (Å²) in [5.41, 5.74) is 3.69. The first kappa shape index (κ1) is 24.3. The van der Waals surface area contributed by atoms with Crippen molar-refractivity contribution in [3.05, 3.63) is 101 Å². The van der Waals surface area contributed by atoms with Crippen LogP contribution in [0.3, 0.4) is 0 Å². The molecule has 3 aromatic carbocycles. The maximum absolute atomic E-state index is 13.4. The quantitative estimate of drug-likeness (QED) is 0.275. The minimum Gasteiger partial charge on any atom is -0.507 e. The van der Waals surface area contributed by atoms with Crippen molar-refractivity contribution < 1.29 is 19.4 Å². The van der Waals surface area contributed by atoms with E-state index in [-0.39, 0.29) is 16.7 Å². The van der Waals surface area contributed by atoms with E-state index in [1.165, 1.54) is 12.0 Å². The van der Waals surface area contributed by atoms with Gasteiger partial charge in [0.15, 0.2) is 0 Å². The summed E-state index contributed by atoms with van der Waals surface area (Å²) in [5.74, 6) is -1.21. The lowest BCUT2D eigenvalue weighted by atomic mass is 9.85. The highest BCUT2D eigenvalue weighted by atomic mass is 16.5. The van der Waals surface area contributed by atoms with Crippen LogP contribution in [0.2, 0.25) is 0 Å². The summed E-state index contributed by atoms with van der Waals surface area (Å²) in [6.45, 7) is 8.27. The third kappa shape index (κ3) is 4.46. The van der Waals surface area contributed by atoms with Gasteiger partial charge < -0.3 is 9.84 Å². The number of amides is 1. The molecule has 1 N–H and O–H groups in total. The Morgan fingerprint density at radius 3 is 2.20 bits per heavy atom. The molecule has 5 nitrogen and oxygen atoms in total. The molecule has 1 aliphatic rings. The van der Waals surface area contributed by atoms with Crippen LogP contribution in [0.1, 0.15) is 56.0 Å². The topological polar surface area (TPSA) is 66.8 Å². The largest absolute Gasteiger partial charge is 0.507 e. The summed E-state index contributed by atoms with van der Waals surface area (Å²) >= 11 is 0. The standard InChI is InChI=1S/C30H31NO4/c1-6-19-12-15-22(16-13-19)31-26(20-10-8-7-9-11-20)25(28(33)29(31)34)27(32)23-18-21(30(2,3)4)14-17-24(23)35-5/h7-18,26,32H,6H2,1-5H3/b27-25+.